The number of nitrogens with zero attached hydrogens (tertiary/aromatic N) is 5. The van der Waals surface area contributed by atoms with Crippen LogP contribution >= 0.6 is 11.6 Å². The van der Waals surface area contributed by atoms with Gasteiger partial charge in [-0.1, -0.05) is 11.6 Å². The second kappa shape index (κ2) is 6.38. The van der Waals surface area contributed by atoms with Gasteiger partial charge in [0.1, 0.15) is 13.5 Å². The fraction of sp³-hybridized carbons (Fsp3) is 0.0556. The van der Waals surface area contributed by atoms with E-state index in [0.717, 1.165) is 0 Å². The van der Waals surface area contributed by atoms with Crippen LogP contribution in [-0.4, -0.2) is 27.6 Å². The smallest absolute Gasteiger partial charge is 0.347 e. The van der Waals surface area contributed by atoms with Crippen LogP contribution in [0.3, 0.4) is 0 Å². The molecule has 0 saturated heterocycles. The highest BCUT2D eigenvalue weighted by atomic mass is 35.5. The van der Waals surface area contributed by atoms with Crippen molar-refractivity contribution in [2.75, 3.05) is 0 Å². The van der Waals surface area contributed by atoms with E-state index in [-0.39, 0.29) is 16.9 Å². The molecule has 0 N–H and O–H groups in total. The first-order chi connectivity index (χ1) is 13.0. The Morgan fingerprint density at radius 1 is 1.33 bits per heavy atom. The predicted octanol–water partition coefficient (Wildman–Crippen LogP) is 2.06. The van der Waals surface area contributed by atoms with E-state index in [1.807, 2.05) is 6.07 Å². The first-order valence-corrected chi connectivity index (χ1v) is 8.18. The van der Waals surface area contributed by atoms with Crippen molar-refractivity contribution in [2.24, 2.45) is 0 Å². The molecule has 4 aromatic rings. The molecule has 3 aromatic heterocycles. The Morgan fingerprint density at radius 2 is 2.15 bits per heavy atom. The molecule has 0 aliphatic carbocycles. The van der Waals surface area contributed by atoms with Gasteiger partial charge in [0.15, 0.2) is 5.82 Å². The molecular weight excluding hydrogens is 364 g/mol. The Bertz CT molecular complexity index is 1310. The summed E-state index contributed by atoms with van der Waals surface area (Å²) in [5.41, 5.74) is 1.36. The minimum absolute atomic E-state index is 0.0197. The summed E-state index contributed by atoms with van der Waals surface area (Å²) in [5, 5.41) is 13.8. The standard InChI is InChI=1S/C18H9BClN5O2/c1-9-5-10(8-21)6-11-15(9)23-17(27-18(11)26)13-7-14(19)24-25(13)16-12(20)3-2-4-22-16/h2-7H,1H3. The molecule has 3 heterocycles. The summed E-state index contributed by atoms with van der Waals surface area (Å²) in [6, 6.07) is 9.97. The van der Waals surface area contributed by atoms with Crippen molar-refractivity contribution in [1.82, 2.24) is 19.7 Å². The highest BCUT2D eigenvalue weighted by molar-refractivity contribution is 6.32. The molecule has 0 atom stereocenters. The molecule has 27 heavy (non-hydrogen) atoms. The Balaban J connectivity index is 2.00. The zero-order chi connectivity index (χ0) is 19.1. The van der Waals surface area contributed by atoms with E-state index in [1.54, 1.807) is 31.3 Å². The predicted molar refractivity (Wildman–Crippen MR) is 100 cm³/mol. The molecule has 128 valence electrons. The van der Waals surface area contributed by atoms with Crippen molar-refractivity contribution in [1.29, 1.82) is 5.26 Å². The monoisotopic (exact) mass is 373 g/mol. The lowest BCUT2D eigenvalue weighted by Crippen LogP contribution is -2.09. The van der Waals surface area contributed by atoms with E-state index in [9.17, 15) is 4.79 Å². The maximum absolute atomic E-state index is 12.5. The number of aryl methyl sites for hydroxylation is 1. The second-order valence-electron chi connectivity index (χ2n) is 5.78. The molecule has 0 aliphatic rings. The quantitative estimate of drug-likeness (QED) is 0.499. The molecule has 0 aliphatic heterocycles. The average Bonchev–Trinajstić information content (AvgIpc) is 3.04. The Kier molecular flexibility index (Phi) is 4.02. The van der Waals surface area contributed by atoms with Gasteiger partial charge >= 0.3 is 5.63 Å². The van der Waals surface area contributed by atoms with E-state index in [2.05, 4.69) is 15.1 Å². The van der Waals surface area contributed by atoms with E-state index >= 15 is 0 Å². The lowest BCUT2D eigenvalue weighted by Gasteiger charge is -2.08. The van der Waals surface area contributed by atoms with Gasteiger partial charge in [-0.05, 0) is 42.8 Å². The summed E-state index contributed by atoms with van der Waals surface area (Å²) >= 11 is 6.20. The highest BCUT2D eigenvalue weighted by Crippen LogP contribution is 2.25. The number of hydrogen-bond donors (Lipinski definition) is 0. The first kappa shape index (κ1) is 17.0. The number of pyridine rings is 1. The van der Waals surface area contributed by atoms with Crippen LogP contribution in [0.5, 0.6) is 0 Å². The zero-order valence-corrected chi connectivity index (χ0v) is 14.7. The normalized spacial score (nSPS) is 10.9. The van der Waals surface area contributed by atoms with Gasteiger partial charge in [0.2, 0.25) is 5.89 Å². The van der Waals surface area contributed by atoms with Crippen molar-refractivity contribution in [2.45, 2.75) is 6.92 Å². The fourth-order valence-corrected chi connectivity index (χ4v) is 2.97. The summed E-state index contributed by atoms with van der Waals surface area (Å²) in [4.78, 5) is 21.1. The molecule has 0 saturated carbocycles. The van der Waals surface area contributed by atoms with Gasteiger partial charge in [-0.25, -0.2) is 19.4 Å². The van der Waals surface area contributed by atoms with Gasteiger partial charge in [0, 0.05) is 11.8 Å². The third-order valence-electron chi connectivity index (χ3n) is 3.94. The summed E-state index contributed by atoms with van der Waals surface area (Å²) in [5.74, 6) is 0.346. The lowest BCUT2D eigenvalue weighted by atomic mass is 10.1. The van der Waals surface area contributed by atoms with E-state index in [4.69, 9.17) is 29.1 Å². The Labute approximate surface area is 159 Å². The van der Waals surface area contributed by atoms with Gasteiger partial charge in [-0.15, -0.1) is 0 Å². The Morgan fingerprint density at radius 3 is 2.89 bits per heavy atom. The third-order valence-corrected chi connectivity index (χ3v) is 4.23. The van der Waals surface area contributed by atoms with Crippen LogP contribution in [0, 0.1) is 18.3 Å². The number of halogens is 1. The van der Waals surface area contributed by atoms with Crippen LogP contribution in [0.4, 0.5) is 0 Å². The number of rotatable bonds is 2. The maximum atomic E-state index is 12.5. The van der Waals surface area contributed by atoms with Crippen molar-refractivity contribution in [3.63, 3.8) is 0 Å². The molecular formula is C18H9BClN5O2. The van der Waals surface area contributed by atoms with Crippen LogP contribution in [0.25, 0.3) is 28.3 Å². The summed E-state index contributed by atoms with van der Waals surface area (Å²) in [6.07, 6.45) is 1.56. The van der Waals surface area contributed by atoms with Crippen molar-refractivity contribution in [3.05, 3.63) is 63.1 Å². The van der Waals surface area contributed by atoms with Crippen LogP contribution in [0.1, 0.15) is 11.1 Å². The van der Waals surface area contributed by atoms with E-state index in [0.29, 0.717) is 33.2 Å². The summed E-state index contributed by atoms with van der Waals surface area (Å²) in [7, 11) is 5.84. The van der Waals surface area contributed by atoms with Crippen LogP contribution in [0.15, 0.2) is 45.7 Å². The maximum Gasteiger partial charge on any atom is 0.347 e. The van der Waals surface area contributed by atoms with E-state index in [1.165, 1.54) is 16.8 Å². The van der Waals surface area contributed by atoms with Crippen molar-refractivity contribution in [3.8, 4) is 23.5 Å². The lowest BCUT2D eigenvalue weighted by molar-refractivity contribution is 0.513. The zero-order valence-electron chi connectivity index (χ0n) is 14.0. The number of benzene rings is 1. The highest BCUT2D eigenvalue weighted by Gasteiger charge is 2.19. The molecule has 9 heteroatoms. The largest absolute Gasteiger partial charge is 0.401 e. The molecule has 2 radical (unpaired) electrons. The topological polar surface area (TPSA) is 97.6 Å². The first-order valence-electron chi connectivity index (χ1n) is 7.80. The Hall–Kier alpha value is -3.44. The molecule has 0 spiro atoms. The number of aromatic nitrogens is 4. The molecule has 7 nitrogen and oxygen atoms in total. The van der Waals surface area contributed by atoms with Crippen LogP contribution in [-0.2, 0) is 0 Å². The van der Waals surface area contributed by atoms with Gasteiger partial charge in [0.05, 0.1) is 27.6 Å². The number of fused-ring (bicyclic) bond motifs is 1. The third kappa shape index (κ3) is 2.88. The number of nitriles is 1. The van der Waals surface area contributed by atoms with Gasteiger partial charge in [-0.2, -0.15) is 10.4 Å². The molecule has 0 unspecified atom stereocenters. The molecule has 4 rings (SSSR count). The van der Waals surface area contributed by atoms with Crippen LogP contribution < -0.4 is 11.2 Å². The summed E-state index contributed by atoms with van der Waals surface area (Å²) in [6.45, 7) is 1.76. The molecule has 0 amide bonds. The van der Waals surface area contributed by atoms with Gasteiger partial charge < -0.3 is 4.42 Å². The van der Waals surface area contributed by atoms with E-state index < -0.39 is 5.63 Å². The van der Waals surface area contributed by atoms with Crippen molar-refractivity contribution >= 4 is 35.9 Å². The minimum Gasteiger partial charge on any atom is -0.401 e. The second-order valence-corrected chi connectivity index (χ2v) is 6.19. The number of hydrogen-bond acceptors (Lipinski definition) is 6. The minimum atomic E-state index is -0.617. The molecule has 0 fully saturated rings. The van der Waals surface area contributed by atoms with Gasteiger partial charge in [0.25, 0.3) is 0 Å². The van der Waals surface area contributed by atoms with Gasteiger partial charge in [-0.3, -0.25) is 0 Å². The molecule has 1 aromatic carbocycles. The van der Waals surface area contributed by atoms with Crippen molar-refractivity contribution < 1.29 is 4.42 Å². The molecule has 0 bridgehead atoms. The average molecular weight is 374 g/mol. The van der Waals surface area contributed by atoms with Crippen LogP contribution in [0.2, 0.25) is 5.02 Å². The fourth-order valence-electron chi connectivity index (χ4n) is 2.77. The SMILES string of the molecule is [B]c1cc(-c2nc3c(C)cc(C#N)cc3c(=O)o2)n(-c2ncccc2Cl)n1. The summed E-state index contributed by atoms with van der Waals surface area (Å²) < 4.78 is 6.75.